The lowest BCUT2D eigenvalue weighted by atomic mass is 10.1. The van der Waals surface area contributed by atoms with Gasteiger partial charge < -0.3 is 47.0 Å². The highest BCUT2D eigenvalue weighted by Crippen LogP contribution is 2.18. The first-order chi connectivity index (χ1) is 15.4. The van der Waals surface area contributed by atoms with Gasteiger partial charge in [-0.1, -0.05) is 0 Å². The van der Waals surface area contributed by atoms with Crippen molar-refractivity contribution in [2.24, 2.45) is 5.73 Å². The van der Waals surface area contributed by atoms with Crippen LogP contribution < -0.4 is 21.7 Å². The van der Waals surface area contributed by atoms with Crippen molar-refractivity contribution in [3.8, 4) is 0 Å². The summed E-state index contributed by atoms with van der Waals surface area (Å²) in [6.07, 6.45) is -1.44. The Hall–Kier alpha value is -3.30. The van der Waals surface area contributed by atoms with Crippen LogP contribution in [0.25, 0.3) is 0 Å². The number of aliphatic hydroxyl groups excluding tert-OH is 2. The number of carbonyl (C=O) groups is 6. The molecule has 0 aromatic rings. The first kappa shape index (κ1) is 27.7. The van der Waals surface area contributed by atoms with Gasteiger partial charge in [-0.3, -0.25) is 24.0 Å². The van der Waals surface area contributed by atoms with E-state index in [0.717, 1.165) is 4.90 Å². The molecule has 0 aromatic carbocycles. The summed E-state index contributed by atoms with van der Waals surface area (Å²) in [6.45, 7) is -0.193. The number of nitrogens with zero attached hydrogens (tertiary/aromatic N) is 1. The maximum absolute atomic E-state index is 12.5. The Morgan fingerprint density at radius 2 is 1.73 bits per heavy atom. The fourth-order valence-corrected chi connectivity index (χ4v) is 3.14. The number of aliphatic carboxylic acids is 2. The van der Waals surface area contributed by atoms with Crippen molar-refractivity contribution >= 4 is 35.6 Å². The van der Waals surface area contributed by atoms with Gasteiger partial charge in [-0.25, -0.2) is 4.79 Å². The Bertz CT molecular complexity index is 774. The molecule has 1 aliphatic heterocycles. The number of amides is 4. The van der Waals surface area contributed by atoms with Crippen LogP contribution in [-0.4, -0.2) is 111 Å². The van der Waals surface area contributed by atoms with Crippen molar-refractivity contribution in [1.29, 1.82) is 0 Å². The molecule has 1 rings (SSSR count). The minimum absolute atomic E-state index is 0.151. The Labute approximate surface area is 188 Å². The summed E-state index contributed by atoms with van der Waals surface area (Å²) in [4.78, 5) is 71.7. The first-order valence-corrected chi connectivity index (χ1v) is 10.1. The van der Waals surface area contributed by atoms with E-state index in [2.05, 4.69) is 16.0 Å². The van der Waals surface area contributed by atoms with Gasteiger partial charge in [0.05, 0.1) is 31.7 Å². The van der Waals surface area contributed by atoms with Gasteiger partial charge in [0.25, 0.3) is 0 Å². The second-order valence-electron chi connectivity index (χ2n) is 7.48. The average molecular weight is 475 g/mol. The maximum Gasteiger partial charge on any atom is 0.326 e. The Balaban J connectivity index is 2.66. The third-order valence-electron chi connectivity index (χ3n) is 4.85. The molecule has 0 aromatic heterocycles. The first-order valence-electron chi connectivity index (χ1n) is 10.1. The second kappa shape index (κ2) is 12.7. The normalized spacial score (nSPS) is 19.0. The van der Waals surface area contributed by atoms with Crippen LogP contribution in [0, 0.1) is 0 Å². The zero-order valence-electron chi connectivity index (χ0n) is 17.9. The lowest BCUT2D eigenvalue weighted by Gasteiger charge is -2.26. The number of aliphatic hydroxyl groups is 2. The molecule has 15 nitrogen and oxygen atoms in total. The number of likely N-dealkylation sites (tertiary alicyclic amines) is 1. The van der Waals surface area contributed by atoms with Crippen molar-refractivity contribution in [2.45, 2.75) is 56.5 Å². The summed E-state index contributed by atoms with van der Waals surface area (Å²) >= 11 is 0. The molecule has 1 saturated heterocycles. The minimum Gasteiger partial charge on any atom is -0.481 e. The number of nitrogens with one attached hydrogen (secondary N) is 3. The van der Waals surface area contributed by atoms with Crippen LogP contribution in [0.2, 0.25) is 0 Å². The van der Waals surface area contributed by atoms with Gasteiger partial charge in [-0.2, -0.15) is 0 Å². The lowest BCUT2D eigenvalue weighted by Crippen LogP contribution is -2.58. The fraction of sp³-hybridized carbons (Fsp3) is 0.667. The van der Waals surface area contributed by atoms with Gasteiger partial charge in [0.2, 0.25) is 23.6 Å². The van der Waals surface area contributed by atoms with Crippen LogP contribution >= 0.6 is 0 Å². The summed E-state index contributed by atoms with van der Waals surface area (Å²) in [6, 6.07) is -5.53. The van der Waals surface area contributed by atoms with Gasteiger partial charge in [0, 0.05) is 6.54 Å². The fourth-order valence-electron chi connectivity index (χ4n) is 3.14. The van der Waals surface area contributed by atoms with Crippen molar-refractivity contribution < 1.29 is 49.2 Å². The van der Waals surface area contributed by atoms with Crippen LogP contribution in [0.3, 0.4) is 0 Å². The van der Waals surface area contributed by atoms with Gasteiger partial charge in [0.1, 0.15) is 18.1 Å². The predicted molar refractivity (Wildman–Crippen MR) is 108 cm³/mol. The van der Waals surface area contributed by atoms with E-state index in [9.17, 15) is 44.1 Å². The summed E-state index contributed by atoms with van der Waals surface area (Å²) < 4.78 is 0. The zero-order chi connectivity index (χ0) is 25.3. The number of carboxylic acids is 2. The van der Waals surface area contributed by atoms with E-state index >= 15 is 0 Å². The molecule has 0 unspecified atom stereocenters. The second-order valence-corrected chi connectivity index (χ2v) is 7.48. The molecule has 33 heavy (non-hydrogen) atoms. The predicted octanol–water partition coefficient (Wildman–Crippen LogP) is -4.68. The highest BCUT2D eigenvalue weighted by molar-refractivity contribution is 5.95. The van der Waals surface area contributed by atoms with Crippen LogP contribution in [0.15, 0.2) is 0 Å². The molecule has 0 saturated carbocycles. The van der Waals surface area contributed by atoms with E-state index in [1.54, 1.807) is 0 Å². The quantitative estimate of drug-likeness (QED) is 0.133. The highest BCUT2D eigenvalue weighted by Gasteiger charge is 2.37. The minimum atomic E-state index is -1.55. The number of nitrogens with two attached hydrogens (primary N) is 1. The summed E-state index contributed by atoms with van der Waals surface area (Å²) in [5.41, 5.74) is 5.40. The number of hydrogen-bond acceptors (Lipinski definition) is 9. The van der Waals surface area contributed by atoms with Crippen LogP contribution in [0.4, 0.5) is 0 Å². The molecule has 0 radical (unpaired) electrons. The summed E-state index contributed by atoms with van der Waals surface area (Å²) in [5, 5.41) is 43.4. The maximum atomic E-state index is 12.5. The molecular formula is C18H29N5O10. The molecule has 1 aliphatic rings. The Morgan fingerprint density at radius 3 is 2.24 bits per heavy atom. The summed E-state index contributed by atoms with van der Waals surface area (Å²) in [7, 11) is 0. The highest BCUT2D eigenvalue weighted by atomic mass is 16.4. The Morgan fingerprint density at radius 1 is 1.09 bits per heavy atom. The van der Waals surface area contributed by atoms with Crippen molar-refractivity contribution in [3.05, 3.63) is 0 Å². The van der Waals surface area contributed by atoms with Crippen molar-refractivity contribution in [1.82, 2.24) is 20.9 Å². The topological polar surface area (TPSA) is 249 Å². The van der Waals surface area contributed by atoms with E-state index in [4.69, 9.17) is 10.8 Å². The van der Waals surface area contributed by atoms with Crippen LogP contribution in [0.1, 0.15) is 26.2 Å². The molecule has 15 heteroatoms. The third kappa shape index (κ3) is 8.28. The molecule has 0 aliphatic carbocycles. The van der Waals surface area contributed by atoms with E-state index in [-0.39, 0.29) is 13.0 Å². The smallest absolute Gasteiger partial charge is 0.326 e. The number of hydrogen-bond donors (Lipinski definition) is 8. The van der Waals surface area contributed by atoms with E-state index < -0.39 is 85.4 Å². The molecular weight excluding hydrogens is 446 g/mol. The number of rotatable bonds is 12. The largest absolute Gasteiger partial charge is 0.481 e. The van der Waals surface area contributed by atoms with Crippen molar-refractivity contribution in [3.63, 3.8) is 0 Å². The van der Waals surface area contributed by atoms with Crippen LogP contribution in [0.5, 0.6) is 0 Å². The molecule has 186 valence electrons. The standard InChI is InChI=1S/C18H29N5O10/c1-8(25)14(22-15(29)9(19)5-13(27)28)16(30)20-6-12(26)21-10(7-24)17(31)23-4-2-3-11(23)18(32)33/h8-11,14,24-25H,2-7,19H2,1H3,(H,20,30)(H,21,26)(H,22,29)(H,27,28)(H,32,33)/t8-,9+,10+,11+,14+/m1/s1. The zero-order valence-corrected chi connectivity index (χ0v) is 17.9. The molecule has 0 bridgehead atoms. The number of carboxylic acid groups (broad SMARTS) is 2. The van der Waals surface area contributed by atoms with Gasteiger partial charge in [0.15, 0.2) is 0 Å². The van der Waals surface area contributed by atoms with Gasteiger partial charge in [-0.05, 0) is 19.8 Å². The SMILES string of the molecule is C[C@@H](O)[C@H](NC(=O)[C@@H](N)CC(=O)O)C(=O)NCC(=O)N[C@@H](CO)C(=O)N1CCC[C@H]1C(=O)O. The van der Waals surface area contributed by atoms with Gasteiger partial charge in [-0.15, -0.1) is 0 Å². The summed E-state index contributed by atoms with van der Waals surface area (Å²) in [5.74, 6) is -6.24. The van der Waals surface area contributed by atoms with E-state index in [1.165, 1.54) is 6.92 Å². The molecule has 4 amide bonds. The number of carbonyl (C=O) groups excluding carboxylic acids is 4. The lowest BCUT2D eigenvalue weighted by molar-refractivity contribution is -0.149. The Kier molecular flexibility index (Phi) is 10.6. The van der Waals surface area contributed by atoms with E-state index in [0.29, 0.717) is 6.42 Å². The molecule has 0 spiro atoms. The molecule has 1 fully saturated rings. The molecule has 5 atom stereocenters. The molecule has 1 heterocycles. The van der Waals surface area contributed by atoms with E-state index in [1.807, 2.05) is 0 Å². The van der Waals surface area contributed by atoms with Crippen LogP contribution in [-0.2, 0) is 28.8 Å². The van der Waals surface area contributed by atoms with Gasteiger partial charge >= 0.3 is 11.9 Å². The molecule has 9 N–H and O–H groups in total. The third-order valence-corrected chi connectivity index (χ3v) is 4.85. The monoisotopic (exact) mass is 475 g/mol. The van der Waals surface area contributed by atoms with Crippen molar-refractivity contribution in [2.75, 3.05) is 19.7 Å². The average Bonchev–Trinajstić information content (AvgIpc) is 3.22.